The summed E-state index contributed by atoms with van der Waals surface area (Å²) in [4.78, 5) is 0. The molecule has 1 N–H and O–H groups in total. The number of methoxy groups -OCH3 is 1. The Kier molecular flexibility index (Phi) is 6.34. The molecule has 0 aromatic heterocycles. The van der Waals surface area contributed by atoms with Crippen molar-refractivity contribution >= 4 is 0 Å². The van der Waals surface area contributed by atoms with E-state index in [0.717, 1.165) is 25.3 Å². The van der Waals surface area contributed by atoms with Gasteiger partial charge < -0.3 is 14.8 Å². The first-order chi connectivity index (χ1) is 9.79. The summed E-state index contributed by atoms with van der Waals surface area (Å²) < 4.78 is 11.1. The molecule has 1 unspecified atom stereocenters. The molecule has 1 aromatic rings. The quantitative estimate of drug-likeness (QED) is 0.735. The van der Waals surface area contributed by atoms with E-state index in [2.05, 4.69) is 36.5 Å². The lowest BCUT2D eigenvalue weighted by Gasteiger charge is -2.17. The van der Waals surface area contributed by atoms with Gasteiger partial charge in [-0.1, -0.05) is 12.1 Å². The zero-order valence-corrected chi connectivity index (χ0v) is 12.7. The van der Waals surface area contributed by atoms with Gasteiger partial charge in [-0.3, -0.25) is 0 Å². The van der Waals surface area contributed by atoms with E-state index in [9.17, 15) is 0 Å². The van der Waals surface area contributed by atoms with Crippen molar-refractivity contribution in [2.45, 2.75) is 51.2 Å². The molecule has 0 radical (unpaired) electrons. The van der Waals surface area contributed by atoms with E-state index in [1.807, 2.05) is 0 Å². The first-order valence-electron chi connectivity index (χ1n) is 7.78. The Hall–Kier alpha value is -1.06. The summed E-state index contributed by atoms with van der Waals surface area (Å²) in [6.07, 6.45) is 6.49. The topological polar surface area (TPSA) is 30.5 Å². The smallest absolute Gasteiger partial charge is 0.120 e. The summed E-state index contributed by atoms with van der Waals surface area (Å²) in [6.45, 7) is 3.98. The largest absolute Gasteiger partial charge is 0.490 e. The molecule has 112 valence electrons. The molecule has 2 rings (SSSR count). The molecule has 3 heteroatoms. The van der Waals surface area contributed by atoms with E-state index < -0.39 is 0 Å². The van der Waals surface area contributed by atoms with Gasteiger partial charge in [-0.2, -0.15) is 0 Å². The summed E-state index contributed by atoms with van der Waals surface area (Å²) in [5.74, 6) is 1.01. The molecule has 0 aliphatic heterocycles. The highest BCUT2D eigenvalue weighted by molar-refractivity contribution is 5.30. The summed E-state index contributed by atoms with van der Waals surface area (Å²) >= 11 is 0. The molecule has 1 aliphatic carbocycles. The molecule has 1 atom stereocenters. The molecule has 20 heavy (non-hydrogen) atoms. The van der Waals surface area contributed by atoms with Crippen molar-refractivity contribution in [2.24, 2.45) is 0 Å². The van der Waals surface area contributed by atoms with E-state index in [4.69, 9.17) is 9.47 Å². The molecule has 0 saturated heterocycles. The first kappa shape index (κ1) is 15.3. The normalized spacial score (nSPS) is 17.3. The van der Waals surface area contributed by atoms with Gasteiger partial charge in [0.05, 0.1) is 6.10 Å². The van der Waals surface area contributed by atoms with Crippen LogP contribution in [-0.2, 0) is 4.74 Å². The molecule has 0 bridgehead atoms. The summed E-state index contributed by atoms with van der Waals surface area (Å²) in [7, 11) is 1.74. The lowest BCUT2D eigenvalue weighted by atomic mass is 10.1. The van der Waals surface area contributed by atoms with Crippen LogP contribution in [0.5, 0.6) is 5.75 Å². The van der Waals surface area contributed by atoms with Crippen molar-refractivity contribution in [3.8, 4) is 5.75 Å². The van der Waals surface area contributed by atoms with Crippen molar-refractivity contribution in [2.75, 3.05) is 20.3 Å². The zero-order chi connectivity index (χ0) is 14.2. The molecule has 1 fully saturated rings. The molecule has 0 amide bonds. The van der Waals surface area contributed by atoms with E-state index >= 15 is 0 Å². The average molecular weight is 277 g/mol. The summed E-state index contributed by atoms with van der Waals surface area (Å²) in [5, 5.41) is 3.52. The Bertz CT molecular complexity index is 388. The van der Waals surface area contributed by atoms with Gasteiger partial charge in [-0.25, -0.2) is 0 Å². The first-order valence-corrected chi connectivity index (χ1v) is 7.78. The maximum absolute atomic E-state index is 6.06. The second-order valence-electron chi connectivity index (χ2n) is 5.62. The Morgan fingerprint density at radius 2 is 2.10 bits per heavy atom. The standard InChI is InChI=1S/C17H27NO2/c1-14(18-11-6-12-19-2)15-7-5-10-17(13-15)20-16-8-3-4-9-16/h5,7,10,13-14,16,18H,3-4,6,8-9,11-12H2,1-2H3. The predicted molar refractivity (Wildman–Crippen MR) is 82.2 cm³/mol. The molecule has 1 saturated carbocycles. The van der Waals surface area contributed by atoms with Crippen LogP contribution < -0.4 is 10.1 Å². The Morgan fingerprint density at radius 3 is 2.85 bits per heavy atom. The molecular formula is C17H27NO2. The van der Waals surface area contributed by atoms with Gasteiger partial charge >= 0.3 is 0 Å². The summed E-state index contributed by atoms with van der Waals surface area (Å²) in [6, 6.07) is 8.84. The monoisotopic (exact) mass is 277 g/mol. The Morgan fingerprint density at radius 1 is 1.30 bits per heavy atom. The highest BCUT2D eigenvalue weighted by Gasteiger charge is 2.16. The minimum Gasteiger partial charge on any atom is -0.490 e. The van der Waals surface area contributed by atoms with Crippen molar-refractivity contribution in [1.29, 1.82) is 0 Å². The van der Waals surface area contributed by atoms with E-state index in [-0.39, 0.29) is 0 Å². The fourth-order valence-corrected chi connectivity index (χ4v) is 2.71. The Labute approximate surface area is 122 Å². The van der Waals surface area contributed by atoms with E-state index in [1.54, 1.807) is 7.11 Å². The molecule has 3 nitrogen and oxygen atoms in total. The third-order valence-corrected chi connectivity index (χ3v) is 3.94. The average Bonchev–Trinajstić information content (AvgIpc) is 2.96. The third kappa shape index (κ3) is 4.80. The minimum absolute atomic E-state index is 0.346. The van der Waals surface area contributed by atoms with E-state index in [1.165, 1.54) is 31.2 Å². The number of hydrogen-bond donors (Lipinski definition) is 1. The molecule has 0 heterocycles. The highest BCUT2D eigenvalue weighted by atomic mass is 16.5. The van der Waals surface area contributed by atoms with Crippen LogP contribution >= 0.6 is 0 Å². The number of rotatable bonds is 8. The molecule has 1 aliphatic rings. The van der Waals surface area contributed by atoms with Crippen LogP contribution in [0.25, 0.3) is 0 Å². The van der Waals surface area contributed by atoms with Crippen LogP contribution in [-0.4, -0.2) is 26.4 Å². The molecule has 1 aromatic carbocycles. The van der Waals surface area contributed by atoms with Gasteiger partial charge in [0.25, 0.3) is 0 Å². The van der Waals surface area contributed by atoms with Gasteiger partial charge in [0.1, 0.15) is 5.75 Å². The van der Waals surface area contributed by atoms with Gasteiger partial charge in [0.2, 0.25) is 0 Å². The van der Waals surface area contributed by atoms with Crippen LogP contribution in [0.4, 0.5) is 0 Å². The number of hydrogen-bond acceptors (Lipinski definition) is 3. The van der Waals surface area contributed by atoms with Crippen molar-refractivity contribution in [3.63, 3.8) is 0 Å². The minimum atomic E-state index is 0.346. The van der Waals surface area contributed by atoms with Crippen molar-refractivity contribution in [1.82, 2.24) is 5.32 Å². The number of nitrogens with one attached hydrogen (secondary N) is 1. The fraction of sp³-hybridized carbons (Fsp3) is 0.647. The lowest BCUT2D eigenvalue weighted by Crippen LogP contribution is -2.21. The van der Waals surface area contributed by atoms with Crippen molar-refractivity contribution in [3.05, 3.63) is 29.8 Å². The van der Waals surface area contributed by atoms with Gasteiger partial charge in [-0.05, 0) is 63.3 Å². The fourth-order valence-electron chi connectivity index (χ4n) is 2.71. The molecular weight excluding hydrogens is 250 g/mol. The van der Waals surface area contributed by atoms with Crippen LogP contribution in [0.2, 0.25) is 0 Å². The van der Waals surface area contributed by atoms with Crippen molar-refractivity contribution < 1.29 is 9.47 Å². The second-order valence-corrected chi connectivity index (χ2v) is 5.62. The summed E-state index contributed by atoms with van der Waals surface area (Å²) in [5.41, 5.74) is 1.29. The predicted octanol–water partition coefficient (Wildman–Crippen LogP) is 3.70. The van der Waals surface area contributed by atoms with Crippen LogP contribution in [0, 0.1) is 0 Å². The van der Waals surface area contributed by atoms with E-state index in [0.29, 0.717) is 12.1 Å². The van der Waals surface area contributed by atoms with Crippen LogP contribution in [0.1, 0.15) is 50.6 Å². The van der Waals surface area contributed by atoms with Crippen LogP contribution in [0.3, 0.4) is 0 Å². The van der Waals surface area contributed by atoms with Gasteiger partial charge in [0, 0.05) is 19.8 Å². The second kappa shape index (κ2) is 8.28. The van der Waals surface area contributed by atoms with Gasteiger partial charge in [-0.15, -0.1) is 0 Å². The van der Waals surface area contributed by atoms with Gasteiger partial charge in [0.15, 0.2) is 0 Å². The lowest BCUT2D eigenvalue weighted by molar-refractivity contribution is 0.193. The Balaban J connectivity index is 1.84. The third-order valence-electron chi connectivity index (χ3n) is 3.94. The zero-order valence-electron chi connectivity index (χ0n) is 12.7. The maximum Gasteiger partial charge on any atom is 0.120 e. The maximum atomic E-state index is 6.06. The van der Waals surface area contributed by atoms with Crippen LogP contribution in [0.15, 0.2) is 24.3 Å². The number of ether oxygens (including phenoxy) is 2. The number of benzene rings is 1. The SMILES string of the molecule is COCCCNC(C)c1cccc(OC2CCCC2)c1. The molecule has 0 spiro atoms. The highest BCUT2D eigenvalue weighted by Crippen LogP contribution is 2.26.